The molecule has 1 atom stereocenters. The van der Waals surface area contributed by atoms with Crippen molar-refractivity contribution in [3.8, 4) is 11.5 Å². The van der Waals surface area contributed by atoms with Crippen molar-refractivity contribution in [3.63, 3.8) is 0 Å². The third kappa shape index (κ3) is 9.46. The summed E-state index contributed by atoms with van der Waals surface area (Å²) in [6.07, 6.45) is -0.632. The van der Waals surface area contributed by atoms with Crippen molar-refractivity contribution >= 4 is 27.9 Å². The van der Waals surface area contributed by atoms with Crippen LogP contribution in [0.4, 0.5) is 0 Å². The fourth-order valence-electron chi connectivity index (χ4n) is 2.42. The Balaban J connectivity index is 0.000000700. The smallest absolute Gasteiger partial charge is 0.337 e. The monoisotopic (exact) mass is 496 g/mol. The second-order valence-electron chi connectivity index (χ2n) is 7.88. The lowest BCUT2D eigenvalue weighted by molar-refractivity contribution is -0.156. The van der Waals surface area contributed by atoms with Gasteiger partial charge in [0.05, 0.1) is 19.1 Å². The van der Waals surface area contributed by atoms with Gasteiger partial charge in [-0.3, -0.25) is 9.59 Å². The first-order chi connectivity index (χ1) is 15.7. The molecule has 0 saturated carbocycles. The van der Waals surface area contributed by atoms with Crippen LogP contribution in [0.15, 0.2) is 53.4 Å². The highest BCUT2D eigenvalue weighted by molar-refractivity contribution is 7.89. The summed E-state index contributed by atoms with van der Waals surface area (Å²) in [4.78, 5) is 34.2. The van der Waals surface area contributed by atoms with Crippen molar-refractivity contribution < 1.29 is 42.5 Å². The van der Waals surface area contributed by atoms with Crippen LogP contribution in [-0.4, -0.2) is 55.2 Å². The number of ether oxygens (including phenoxy) is 2. The number of hydrogen-bond acceptors (Lipinski definition) is 9. The third-order valence-corrected chi connectivity index (χ3v) is 5.38. The molecule has 0 fully saturated rings. The molecule has 2 aromatic carbocycles. The van der Waals surface area contributed by atoms with Gasteiger partial charge in [0, 0.05) is 0 Å². The molecule has 0 aliphatic rings. The normalized spacial score (nSPS) is 12.0. The van der Waals surface area contributed by atoms with Crippen LogP contribution in [0.3, 0.4) is 0 Å². The first-order valence-electron chi connectivity index (χ1n) is 9.85. The number of phenols is 2. The zero-order valence-electron chi connectivity index (χ0n) is 19.1. The quantitative estimate of drug-likeness (QED) is 0.412. The van der Waals surface area contributed by atoms with Crippen LogP contribution >= 0.6 is 0 Å². The minimum absolute atomic E-state index is 0.0749. The third-order valence-electron chi connectivity index (χ3n) is 3.86. The lowest BCUT2D eigenvalue weighted by Crippen LogP contribution is -2.46. The van der Waals surface area contributed by atoms with Crippen molar-refractivity contribution in [1.82, 2.24) is 4.72 Å². The van der Waals surface area contributed by atoms with Gasteiger partial charge in [0.25, 0.3) is 0 Å². The molecule has 0 aliphatic heterocycles. The zero-order valence-corrected chi connectivity index (χ0v) is 20.0. The predicted molar refractivity (Wildman–Crippen MR) is 121 cm³/mol. The summed E-state index contributed by atoms with van der Waals surface area (Å²) in [5.74, 6) is -3.13. The number of benzene rings is 2. The van der Waals surface area contributed by atoms with Crippen molar-refractivity contribution in [2.24, 2.45) is 5.73 Å². The number of nitrogens with two attached hydrogens (primary N) is 1. The fourth-order valence-corrected chi connectivity index (χ4v) is 3.70. The van der Waals surface area contributed by atoms with E-state index in [-0.39, 0.29) is 5.56 Å². The zero-order chi connectivity index (χ0) is 26.1. The van der Waals surface area contributed by atoms with Crippen LogP contribution in [0.2, 0.25) is 0 Å². The standard InChI is InChI=1S/C16H22N2O8S.C6H6O/c1-16(2,3)26-13(20)8-10(14(17)21)18-27(23,24)12-6-5-9(7-11(12)19)15(22)25-4;7-6-4-2-1-3-5-6/h5-7,10,18-19H,8H2,1-4H3,(H2,17,21);1-5,7H/t10-;/m0./s1. The summed E-state index contributed by atoms with van der Waals surface area (Å²) in [5, 5.41) is 18.6. The van der Waals surface area contributed by atoms with Crippen molar-refractivity contribution in [2.45, 2.75) is 43.7 Å². The lowest BCUT2D eigenvalue weighted by atomic mass is 10.1. The number of sulfonamides is 1. The molecule has 2 aromatic rings. The first kappa shape index (κ1) is 28.4. The number of methoxy groups -OCH3 is 1. The molecule has 34 heavy (non-hydrogen) atoms. The Hall–Kier alpha value is -3.64. The highest BCUT2D eigenvalue weighted by atomic mass is 32.2. The molecule has 186 valence electrons. The number of nitrogens with one attached hydrogen (secondary N) is 1. The van der Waals surface area contributed by atoms with Crippen LogP contribution in [0.25, 0.3) is 0 Å². The molecular weight excluding hydrogens is 468 g/mol. The molecule has 2 rings (SSSR count). The Labute approximate surface area is 197 Å². The Morgan fingerprint density at radius 2 is 1.65 bits per heavy atom. The van der Waals surface area contributed by atoms with E-state index in [1.54, 1.807) is 45.0 Å². The van der Waals surface area contributed by atoms with Gasteiger partial charge in [0.15, 0.2) is 0 Å². The topological polar surface area (TPSA) is 182 Å². The van der Waals surface area contributed by atoms with Gasteiger partial charge in [0.2, 0.25) is 15.9 Å². The van der Waals surface area contributed by atoms with Crippen LogP contribution in [-0.2, 0) is 29.1 Å². The number of rotatable bonds is 7. The second kappa shape index (κ2) is 12.0. The average Bonchev–Trinajstić information content (AvgIpc) is 2.71. The van der Waals surface area contributed by atoms with Gasteiger partial charge in [-0.25, -0.2) is 13.2 Å². The summed E-state index contributed by atoms with van der Waals surface area (Å²) in [7, 11) is -3.31. The summed E-state index contributed by atoms with van der Waals surface area (Å²) >= 11 is 0. The Kier molecular flexibility index (Phi) is 10.0. The SMILES string of the molecule is COC(=O)c1ccc(S(=O)(=O)N[C@@H](CC(=O)OC(C)(C)C)C(N)=O)c(O)c1.Oc1ccccc1. The highest BCUT2D eigenvalue weighted by Gasteiger charge is 2.30. The Morgan fingerprint density at radius 1 is 1.06 bits per heavy atom. The summed E-state index contributed by atoms with van der Waals surface area (Å²) in [6, 6.07) is 10.1. The summed E-state index contributed by atoms with van der Waals surface area (Å²) < 4.78 is 36.3. The molecule has 11 nitrogen and oxygen atoms in total. The number of carbonyl (C=O) groups excluding carboxylic acids is 3. The summed E-state index contributed by atoms with van der Waals surface area (Å²) in [6.45, 7) is 4.82. The van der Waals surface area contributed by atoms with Crippen molar-refractivity contribution in [2.75, 3.05) is 7.11 Å². The van der Waals surface area contributed by atoms with Crippen molar-refractivity contribution in [3.05, 3.63) is 54.1 Å². The maximum absolute atomic E-state index is 12.4. The molecule has 0 radical (unpaired) electrons. The van der Waals surface area contributed by atoms with Crippen LogP contribution in [0.1, 0.15) is 37.6 Å². The predicted octanol–water partition coefficient (Wildman–Crippen LogP) is 1.43. The van der Waals surface area contributed by atoms with E-state index < -0.39 is 56.6 Å². The molecule has 0 unspecified atom stereocenters. The maximum atomic E-state index is 12.4. The lowest BCUT2D eigenvalue weighted by Gasteiger charge is -2.21. The van der Waals surface area contributed by atoms with E-state index in [2.05, 4.69) is 4.74 Å². The van der Waals surface area contributed by atoms with Gasteiger partial charge in [-0.15, -0.1) is 0 Å². The number of aromatic hydroxyl groups is 2. The van der Waals surface area contributed by atoms with E-state index in [4.69, 9.17) is 15.6 Å². The van der Waals surface area contributed by atoms with E-state index in [1.807, 2.05) is 10.8 Å². The van der Waals surface area contributed by atoms with E-state index in [9.17, 15) is 27.9 Å². The number of primary amides is 1. The average molecular weight is 497 g/mol. The van der Waals surface area contributed by atoms with Gasteiger partial charge in [-0.1, -0.05) is 18.2 Å². The minimum Gasteiger partial charge on any atom is -0.508 e. The van der Waals surface area contributed by atoms with E-state index in [1.165, 1.54) is 0 Å². The number of para-hydroxylation sites is 1. The Morgan fingerprint density at radius 3 is 2.06 bits per heavy atom. The number of hydrogen-bond donors (Lipinski definition) is 4. The van der Waals surface area contributed by atoms with Crippen molar-refractivity contribution in [1.29, 1.82) is 0 Å². The molecule has 12 heteroatoms. The molecule has 0 bridgehead atoms. The van der Waals surface area contributed by atoms with E-state index >= 15 is 0 Å². The summed E-state index contributed by atoms with van der Waals surface area (Å²) in [5.41, 5.74) is 4.25. The first-order valence-corrected chi connectivity index (χ1v) is 11.3. The minimum atomic E-state index is -4.43. The van der Waals surface area contributed by atoms with Gasteiger partial charge in [-0.05, 0) is 51.1 Å². The molecule has 0 aliphatic carbocycles. The van der Waals surface area contributed by atoms with Gasteiger partial charge in [0.1, 0.15) is 28.0 Å². The molecule has 0 saturated heterocycles. The van der Waals surface area contributed by atoms with E-state index in [0.717, 1.165) is 25.3 Å². The van der Waals surface area contributed by atoms with Gasteiger partial charge in [-0.2, -0.15) is 4.72 Å². The largest absolute Gasteiger partial charge is 0.508 e. The number of esters is 2. The Bertz CT molecular complexity index is 1110. The second-order valence-corrected chi connectivity index (χ2v) is 9.56. The number of carbonyl (C=O) groups is 3. The highest BCUT2D eigenvalue weighted by Crippen LogP contribution is 2.24. The molecule has 1 amide bonds. The maximum Gasteiger partial charge on any atom is 0.337 e. The van der Waals surface area contributed by atoms with E-state index in [0.29, 0.717) is 5.75 Å². The molecule has 5 N–H and O–H groups in total. The van der Waals surface area contributed by atoms with Crippen LogP contribution < -0.4 is 10.5 Å². The molecular formula is C22H28N2O9S. The van der Waals surface area contributed by atoms with Crippen LogP contribution in [0, 0.1) is 0 Å². The number of phenolic OH excluding ortho intramolecular Hbond substituents is 2. The molecule has 0 aromatic heterocycles. The number of amides is 1. The molecule has 0 heterocycles. The van der Waals surface area contributed by atoms with Gasteiger partial charge >= 0.3 is 11.9 Å². The molecule has 0 spiro atoms. The van der Waals surface area contributed by atoms with Gasteiger partial charge < -0.3 is 25.4 Å². The van der Waals surface area contributed by atoms with Crippen LogP contribution in [0.5, 0.6) is 11.5 Å². The fraction of sp³-hybridized carbons (Fsp3) is 0.318.